The quantitative estimate of drug-likeness (QED) is 0.495. The van der Waals surface area contributed by atoms with Crippen molar-refractivity contribution >= 4 is 40.0 Å². The third-order valence-corrected chi connectivity index (χ3v) is 4.17. The molecule has 1 aromatic carbocycles. The van der Waals surface area contributed by atoms with Crippen molar-refractivity contribution in [2.75, 3.05) is 10.6 Å². The average molecular weight is 382 g/mol. The number of amides is 2. The van der Waals surface area contributed by atoms with Gasteiger partial charge in [-0.2, -0.15) is 0 Å². The molecule has 1 atom stereocenters. The van der Waals surface area contributed by atoms with Gasteiger partial charge in [0, 0.05) is 17.3 Å². The Hall–Kier alpha value is -3.75. The van der Waals surface area contributed by atoms with Gasteiger partial charge in [0.25, 0.3) is 5.91 Å². The van der Waals surface area contributed by atoms with E-state index in [0.717, 1.165) is 17.0 Å². The second kappa shape index (κ2) is 7.87. The molecular weight excluding hydrogens is 363 g/mol. The molecule has 3 aromatic rings. The predicted octanol–water partition coefficient (Wildman–Crippen LogP) is 2.29. The third kappa shape index (κ3) is 3.98. The monoisotopic (exact) mass is 382 g/mol. The Morgan fingerprint density at radius 1 is 1.18 bits per heavy atom. The lowest BCUT2D eigenvalue weighted by molar-refractivity contribution is -0.118. The van der Waals surface area contributed by atoms with Gasteiger partial charge in [0.2, 0.25) is 5.91 Å². The summed E-state index contributed by atoms with van der Waals surface area (Å²) in [5.41, 5.74) is 11.8. The Bertz CT molecular complexity index is 1060. The third-order valence-electron chi connectivity index (χ3n) is 4.17. The van der Waals surface area contributed by atoms with E-state index in [-0.39, 0.29) is 17.2 Å². The topological polar surface area (TPSA) is 136 Å². The van der Waals surface area contributed by atoms with E-state index in [1.165, 1.54) is 0 Å². The van der Waals surface area contributed by atoms with Crippen LogP contribution in [0.15, 0.2) is 42.6 Å². The molecule has 9 heteroatoms. The van der Waals surface area contributed by atoms with E-state index in [2.05, 4.69) is 20.6 Å². The molecule has 0 radical (unpaired) electrons. The molecular formula is C19H19FN6O2. The number of anilines is 3. The van der Waals surface area contributed by atoms with Gasteiger partial charge in [-0.15, -0.1) is 0 Å². The maximum absolute atomic E-state index is 14.4. The van der Waals surface area contributed by atoms with Crippen molar-refractivity contribution < 1.29 is 14.0 Å². The van der Waals surface area contributed by atoms with Gasteiger partial charge < -0.3 is 22.1 Å². The molecule has 0 saturated carbocycles. The van der Waals surface area contributed by atoms with E-state index in [1.807, 2.05) is 18.2 Å². The number of nitrogens with zero attached hydrogens (tertiary/aromatic N) is 2. The molecule has 144 valence electrons. The molecule has 0 spiro atoms. The Morgan fingerprint density at radius 3 is 2.64 bits per heavy atom. The number of primary amides is 2. The summed E-state index contributed by atoms with van der Waals surface area (Å²) in [5, 5.41) is 6.55. The number of benzene rings is 1. The molecule has 8 nitrogen and oxygen atoms in total. The molecule has 0 aliphatic rings. The average Bonchev–Trinajstić information content (AvgIpc) is 2.67. The predicted molar refractivity (Wildman–Crippen MR) is 105 cm³/mol. The molecule has 0 aliphatic heterocycles. The van der Waals surface area contributed by atoms with Crippen molar-refractivity contribution in [3.05, 3.63) is 54.0 Å². The summed E-state index contributed by atoms with van der Waals surface area (Å²) in [4.78, 5) is 31.6. The Labute approximate surface area is 160 Å². The summed E-state index contributed by atoms with van der Waals surface area (Å²) in [7, 11) is 0. The van der Waals surface area contributed by atoms with E-state index in [9.17, 15) is 14.0 Å². The van der Waals surface area contributed by atoms with Gasteiger partial charge in [0.15, 0.2) is 11.6 Å². The minimum atomic E-state index is -0.846. The number of hydrogen-bond donors (Lipinski definition) is 4. The molecule has 6 N–H and O–H groups in total. The lowest BCUT2D eigenvalue weighted by atomic mass is 10.1. The van der Waals surface area contributed by atoms with E-state index >= 15 is 0 Å². The number of pyridine rings is 2. The molecule has 2 amide bonds. The molecule has 0 saturated heterocycles. The fourth-order valence-electron chi connectivity index (χ4n) is 2.69. The van der Waals surface area contributed by atoms with Gasteiger partial charge >= 0.3 is 0 Å². The summed E-state index contributed by atoms with van der Waals surface area (Å²) >= 11 is 0. The van der Waals surface area contributed by atoms with Gasteiger partial charge in [-0.25, -0.2) is 9.37 Å². The van der Waals surface area contributed by atoms with Gasteiger partial charge in [-0.3, -0.25) is 14.6 Å². The highest BCUT2D eigenvalue weighted by Gasteiger charge is 2.20. The summed E-state index contributed by atoms with van der Waals surface area (Å²) in [6.07, 6.45) is 2.00. The number of rotatable bonds is 7. The minimum absolute atomic E-state index is 0.0472. The van der Waals surface area contributed by atoms with Crippen LogP contribution in [0.1, 0.15) is 23.7 Å². The van der Waals surface area contributed by atoms with Crippen LogP contribution in [0.2, 0.25) is 0 Å². The first-order valence-electron chi connectivity index (χ1n) is 8.57. The Kier molecular flexibility index (Phi) is 5.35. The van der Waals surface area contributed by atoms with Crippen molar-refractivity contribution in [1.82, 2.24) is 9.97 Å². The van der Waals surface area contributed by atoms with Crippen molar-refractivity contribution in [3.8, 4) is 0 Å². The Balaban J connectivity index is 2.00. The standard InChI is InChI=1S/C19H19FN6O2/c1-2-14(17(22)28)25-19-13(20)9-12(16(21)27)18(26-19)24-11-6-5-10-4-3-7-23-15(10)8-11/h3-9,14H,2H2,1H3,(H2,21,27)(H2,22,28)(H2,24,25,26). The number of nitrogens with two attached hydrogens (primary N) is 2. The molecule has 2 heterocycles. The van der Waals surface area contributed by atoms with Crippen LogP contribution in [0.4, 0.5) is 21.7 Å². The van der Waals surface area contributed by atoms with E-state index in [0.29, 0.717) is 12.1 Å². The fourth-order valence-corrected chi connectivity index (χ4v) is 2.69. The number of nitrogens with one attached hydrogen (secondary N) is 2. The lowest BCUT2D eigenvalue weighted by Crippen LogP contribution is -2.35. The van der Waals surface area contributed by atoms with Crippen LogP contribution < -0.4 is 22.1 Å². The van der Waals surface area contributed by atoms with Crippen LogP contribution in [0.3, 0.4) is 0 Å². The fraction of sp³-hybridized carbons (Fsp3) is 0.158. The van der Waals surface area contributed by atoms with Gasteiger partial charge in [-0.1, -0.05) is 19.1 Å². The first kappa shape index (κ1) is 19.0. The molecule has 0 aliphatic carbocycles. The zero-order valence-corrected chi connectivity index (χ0v) is 15.1. The number of halogens is 1. The van der Waals surface area contributed by atoms with Crippen molar-refractivity contribution in [1.29, 1.82) is 0 Å². The second-order valence-electron chi connectivity index (χ2n) is 6.12. The zero-order chi connectivity index (χ0) is 20.3. The van der Waals surface area contributed by atoms with Crippen LogP contribution in [0.25, 0.3) is 10.9 Å². The van der Waals surface area contributed by atoms with Crippen molar-refractivity contribution in [3.63, 3.8) is 0 Å². The first-order chi connectivity index (χ1) is 13.4. The summed E-state index contributed by atoms with van der Waals surface area (Å²) in [5.74, 6) is -2.47. The molecule has 0 fully saturated rings. The summed E-state index contributed by atoms with van der Waals surface area (Å²) < 4.78 is 14.4. The van der Waals surface area contributed by atoms with Crippen molar-refractivity contribution in [2.45, 2.75) is 19.4 Å². The van der Waals surface area contributed by atoms with Crippen LogP contribution >= 0.6 is 0 Å². The Morgan fingerprint density at radius 2 is 1.96 bits per heavy atom. The second-order valence-corrected chi connectivity index (χ2v) is 6.12. The maximum atomic E-state index is 14.4. The van der Waals surface area contributed by atoms with E-state index < -0.39 is 23.7 Å². The molecule has 2 aromatic heterocycles. The molecule has 3 rings (SSSR count). The van der Waals surface area contributed by atoms with E-state index in [1.54, 1.807) is 25.3 Å². The molecule has 28 heavy (non-hydrogen) atoms. The van der Waals surface area contributed by atoms with Gasteiger partial charge in [0.05, 0.1) is 11.1 Å². The highest BCUT2D eigenvalue weighted by Crippen LogP contribution is 2.26. The van der Waals surface area contributed by atoms with Crippen LogP contribution in [0.5, 0.6) is 0 Å². The zero-order valence-electron chi connectivity index (χ0n) is 15.1. The normalized spacial score (nSPS) is 11.8. The summed E-state index contributed by atoms with van der Waals surface area (Å²) in [6, 6.07) is 9.27. The lowest BCUT2D eigenvalue weighted by Gasteiger charge is -2.17. The number of hydrogen-bond acceptors (Lipinski definition) is 6. The highest BCUT2D eigenvalue weighted by atomic mass is 19.1. The summed E-state index contributed by atoms with van der Waals surface area (Å²) in [6.45, 7) is 1.72. The maximum Gasteiger partial charge on any atom is 0.252 e. The number of aromatic nitrogens is 2. The first-order valence-corrected chi connectivity index (χ1v) is 8.57. The minimum Gasteiger partial charge on any atom is -0.368 e. The van der Waals surface area contributed by atoms with Crippen LogP contribution in [0, 0.1) is 5.82 Å². The van der Waals surface area contributed by atoms with Gasteiger partial charge in [-0.05, 0) is 30.7 Å². The molecule has 1 unspecified atom stereocenters. The number of fused-ring (bicyclic) bond motifs is 1. The SMILES string of the molecule is CCC(Nc1nc(Nc2ccc3cccnc3c2)c(C(N)=O)cc1F)C(N)=O. The largest absolute Gasteiger partial charge is 0.368 e. The smallest absolute Gasteiger partial charge is 0.252 e. The van der Waals surface area contributed by atoms with Crippen molar-refractivity contribution in [2.24, 2.45) is 11.5 Å². The van der Waals surface area contributed by atoms with Crippen LogP contribution in [-0.4, -0.2) is 27.8 Å². The number of carbonyl (C=O) groups is 2. The molecule has 0 bridgehead atoms. The number of carbonyl (C=O) groups excluding carboxylic acids is 2. The van der Waals surface area contributed by atoms with Crippen LogP contribution in [-0.2, 0) is 4.79 Å². The highest BCUT2D eigenvalue weighted by molar-refractivity contribution is 5.99. The van der Waals surface area contributed by atoms with Gasteiger partial charge in [0.1, 0.15) is 11.9 Å². The van der Waals surface area contributed by atoms with E-state index in [4.69, 9.17) is 11.5 Å².